The van der Waals surface area contributed by atoms with E-state index in [1.54, 1.807) is 25.4 Å². The van der Waals surface area contributed by atoms with Crippen LogP contribution >= 0.6 is 11.6 Å². The predicted molar refractivity (Wildman–Crippen MR) is 91.1 cm³/mol. The predicted octanol–water partition coefficient (Wildman–Crippen LogP) is 4.25. The fourth-order valence-electron chi connectivity index (χ4n) is 2.51. The number of nitrogens with zero attached hydrogens (tertiary/aromatic N) is 3. The highest BCUT2D eigenvalue weighted by molar-refractivity contribution is 6.38. The Bertz CT molecular complexity index is 1040. The second-order valence-corrected chi connectivity index (χ2v) is 5.75. The molecule has 0 radical (unpaired) electrons. The van der Waals surface area contributed by atoms with Crippen LogP contribution in [0.1, 0.15) is 5.56 Å². The fourth-order valence-corrected chi connectivity index (χ4v) is 2.79. The van der Waals surface area contributed by atoms with Crippen LogP contribution in [0.25, 0.3) is 34.0 Å². The molecule has 0 aliphatic rings. The van der Waals surface area contributed by atoms with Crippen molar-refractivity contribution in [2.24, 2.45) is 0 Å². The molecule has 0 amide bonds. The van der Waals surface area contributed by atoms with E-state index in [2.05, 4.69) is 20.1 Å². The van der Waals surface area contributed by atoms with Crippen molar-refractivity contribution in [2.75, 3.05) is 7.11 Å². The molecule has 1 aromatic carbocycles. The van der Waals surface area contributed by atoms with Gasteiger partial charge in [0.2, 0.25) is 5.82 Å². The first kappa shape index (κ1) is 14.7. The summed E-state index contributed by atoms with van der Waals surface area (Å²) in [5.41, 5.74) is 3.20. The molecule has 0 aliphatic heterocycles. The third-order valence-corrected chi connectivity index (χ3v) is 4.12. The Morgan fingerprint density at radius 3 is 2.92 bits per heavy atom. The minimum absolute atomic E-state index is 0.313. The number of aryl methyl sites for hydroxylation is 1. The molecule has 0 spiro atoms. The number of methoxy groups -OCH3 is 1. The summed E-state index contributed by atoms with van der Waals surface area (Å²) in [6.45, 7) is 2.02. The van der Waals surface area contributed by atoms with Gasteiger partial charge in [-0.25, -0.2) is 0 Å². The van der Waals surface area contributed by atoms with Gasteiger partial charge in [0.15, 0.2) is 0 Å². The van der Waals surface area contributed by atoms with Crippen molar-refractivity contribution in [1.82, 2.24) is 20.1 Å². The Kier molecular flexibility index (Phi) is 3.46. The molecule has 3 heterocycles. The summed E-state index contributed by atoms with van der Waals surface area (Å²) in [6, 6.07) is 9.49. The average Bonchev–Trinajstić information content (AvgIpc) is 3.20. The summed E-state index contributed by atoms with van der Waals surface area (Å²) in [6.07, 6.45) is 1.63. The lowest BCUT2D eigenvalue weighted by Gasteiger charge is -1.98. The lowest BCUT2D eigenvalue weighted by Crippen LogP contribution is -1.88. The number of rotatable bonds is 3. The number of halogens is 1. The van der Waals surface area contributed by atoms with Gasteiger partial charge in [0.05, 0.1) is 12.1 Å². The molecule has 0 atom stereocenters. The molecule has 3 aromatic heterocycles. The maximum absolute atomic E-state index is 6.47. The van der Waals surface area contributed by atoms with E-state index in [-0.39, 0.29) is 0 Å². The number of aromatic amines is 1. The van der Waals surface area contributed by atoms with Crippen molar-refractivity contribution in [2.45, 2.75) is 6.92 Å². The van der Waals surface area contributed by atoms with Crippen LogP contribution in [-0.4, -0.2) is 27.2 Å². The number of hydrogen-bond acceptors (Lipinski definition) is 5. The van der Waals surface area contributed by atoms with Gasteiger partial charge in [-0.2, -0.15) is 4.98 Å². The first-order valence-corrected chi connectivity index (χ1v) is 7.66. The Hall–Kier alpha value is -2.86. The van der Waals surface area contributed by atoms with Crippen molar-refractivity contribution in [1.29, 1.82) is 0 Å². The van der Waals surface area contributed by atoms with Crippen LogP contribution in [0.2, 0.25) is 5.02 Å². The van der Waals surface area contributed by atoms with E-state index < -0.39 is 0 Å². The molecule has 4 rings (SSSR count). The van der Waals surface area contributed by atoms with Crippen LogP contribution in [0.4, 0.5) is 0 Å². The van der Waals surface area contributed by atoms with Gasteiger partial charge in [-0.05, 0) is 25.1 Å². The molecule has 0 bridgehead atoms. The second kappa shape index (κ2) is 5.65. The highest BCUT2D eigenvalue weighted by Gasteiger charge is 2.18. The molecule has 1 N–H and O–H groups in total. The van der Waals surface area contributed by atoms with Crippen molar-refractivity contribution in [3.8, 4) is 28.9 Å². The lowest BCUT2D eigenvalue weighted by molar-refractivity contribution is 0.414. The quantitative estimate of drug-likeness (QED) is 0.603. The van der Waals surface area contributed by atoms with Crippen molar-refractivity contribution in [3.05, 3.63) is 47.1 Å². The van der Waals surface area contributed by atoms with E-state index in [4.69, 9.17) is 20.9 Å². The minimum Gasteiger partial charge on any atom is -0.497 e. The van der Waals surface area contributed by atoms with Crippen LogP contribution in [-0.2, 0) is 0 Å². The summed E-state index contributed by atoms with van der Waals surface area (Å²) in [7, 11) is 1.59. The van der Waals surface area contributed by atoms with Gasteiger partial charge in [-0.1, -0.05) is 28.4 Å². The fraction of sp³-hybridized carbons (Fsp3) is 0.118. The zero-order valence-corrected chi connectivity index (χ0v) is 13.8. The molecule has 0 saturated carbocycles. The molecule has 120 valence electrons. The van der Waals surface area contributed by atoms with Gasteiger partial charge in [-0.15, -0.1) is 0 Å². The molecular formula is C17H13ClN4O2. The topological polar surface area (TPSA) is 76.8 Å². The maximum atomic E-state index is 6.47. The molecule has 0 fully saturated rings. The highest BCUT2D eigenvalue weighted by Crippen LogP contribution is 2.34. The Balaban J connectivity index is 1.78. The number of nitrogens with one attached hydrogen (secondary N) is 1. The number of hydrogen-bond donors (Lipinski definition) is 1. The Morgan fingerprint density at radius 2 is 2.08 bits per heavy atom. The van der Waals surface area contributed by atoms with E-state index in [0.717, 1.165) is 16.5 Å². The normalized spacial score (nSPS) is 11.1. The number of ether oxygens (including phenoxy) is 1. The third kappa shape index (κ3) is 2.41. The zero-order valence-electron chi connectivity index (χ0n) is 13.0. The number of H-pyrrole nitrogens is 1. The van der Waals surface area contributed by atoms with Crippen LogP contribution < -0.4 is 4.74 Å². The van der Waals surface area contributed by atoms with Crippen LogP contribution in [0.3, 0.4) is 0 Å². The van der Waals surface area contributed by atoms with E-state index in [1.165, 1.54) is 0 Å². The van der Waals surface area contributed by atoms with Crippen molar-refractivity contribution >= 4 is 22.5 Å². The van der Waals surface area contributed by atoms with Crippen LogP contribution in [0.15, 0.2) is 41.1 Å². The monoisotopic (exact) mass is 340 g/mol. The Labute approximate surface area is 142 Å². The van der Waals surface area contributed by atoms with Gasteiger partial charge in [0, 0.05) is 23.2 Å². The summed E-state index contributed by atoms with van der Waals surface area (Å²) >= 11 is 6.47. The summed E-state index contributed by atoms with van der Waals surface area (Å²) in [5, 5.41) is 5.46. The lowest BCUT2D eigenvalue weighted by atomic mass is 10.2. The molecule has 4 aromatic rings. The van der Waals surface area contributed by atoms with E-state index in [0.29, 0.717) is 33.9 Å². The van der Waals surface area contributed by atoms with Gasteiger partial charge in [0.1, 0.15) is 17.1 Å². The standard InChI is InChI=1S/C17H13ClN4O2/c1-9-3-4-12-11(7-9)14(18)15(20-12)17-21-16(22-24-17)13-8-10(23-2)5-6-19-13/h3-8,20H,1-2H3. The minimum atomic E-state index is 0.313. The number of benzene rings is 1. The van der Waals surface area contributed by atoms with Crippen LogP contribution in [0, 0.1) is 6.92 Å². The molecule has 24 heavy (non-hydrogen) atoms. The molecule has 0 saturated heterocycles. The first-order chi connectivity index (χ1) is 11.7. The average molecular weight is 341 g/mol. The first-order valence-electron chi connectivity index (χ1n) is 7.28. The van der Waals surface area contributed by atoms with Crippen molar-refractivity contribution in [3.63, 3.8) is 0 Å². The maximum Gasteiger partial charge on any atom is 0.276 e. The van der Waals surface area contributed by atoms with Gasteiger partial charge < -0.3 is 14.2 Å². The van der Waals surface area contributed by atoms with E-state index in [9.17, 15) is 0 Å². The molecule has 0 aliphatic carbocycles. The van der Waals surface area contributed by atoms with Gasteiger partial charge in [0.25, 0.3) is 5.89 Å². The van der Waals surface area contributed by atoms with Crippen molar-refractivity contribution < 1.29 is 9.26 Å². The second-order valence-electron chi connectivity index (χ2n) is 5.37. The smallest absolute Gasteiger partial charge is 0.276 e. The SMILES string of the molecule is COc1ccnc(-c2noc(-c3[nH]c4ccc(C)cc4c3Cl)n2)c1. The molecule has 6 nitrogen and oxygen atoms in total. The van der Waals surface area contributed by atoms with Gasteiger partial charge in [-0.3, -0.25) is 4.98 Å². The van der Waals surface area contributed by atoms with E-state index in [1.807, 2.05) is 25.1 Å². The zero-order chi connectivity index (χ0) is 16.7. The number of fused-ring (bicyclic) bond motifs is 1. The molecule has 7 heteroatoms. The number of aromatic nitrogens is 4. The molecular weight excluding hydrogens is 328 g/mol. The van der Waals surface area contributed by atoms with Crippen LogP contribution in [0.5, 0.6) is 5.75 Å². The largest absolute Gasteiger partial charge is 0.497 e. The van der Waals surface area contributed by atoms with Gasteiger partial charge >= 0.3 is 0 Å². The summed E-state index contributed by atoms with van der Waals surface area (Å²) in [5.74, 6) is 1.36. The summed E-state index contributed by atoms with van der Waals surface area (Å²) < 4.78 is 10.5. The summed E-state index contributed by atoms with van der Waals surface area (Å²) in [4.78, 5) is 11.8. The highest BCUT2D eigenvalue weighted by atomic mass is 35.5. The third-order valence-electron chi connectivity index (χ3n) is 3.73. The Morgan fingerprint density at radius 1 is 1.21 bits per heavy atom. The molecule has 0 unspecified atom stereocenters. The van der Waals surface area contributed by atoms with E-state index >= 15 is 0 Å². The number of pyridine rings is 1.